The number of rotatable bonds is 3. The highest BCUT2D eigenvalue weighted by molar-refractivity contribution is 5.95. The summed E-state index contributed by atoms with van der Waals surface area (Å²) in [6.45, 7) is 5.85. The summed E-state index contributed by atoms with van der Waals surface area (Å²) in [4.78, 5) is 14.5. The second-order valence-electron chi connectivity index (χ2n) is 5.54. The molecule has 1 atom stereocenters. The summed E-state index contributed by atoms with van der Waals surface area (Å²) in [6.07, 6.45) is 4.26. The van der Waals surface area contributed by atoms with Crippen LogP contribution in [0.4, 0.5) is 10.5 Å². The zero-order valence-corrected chi connectivity index (χ0v) is 13.1. The Hall–Kier alpha value is -2.81. The molecule has 0 bridgehead atoms. The molecule has 1 aliphatic heterocycles. The summed E-state index contributed by atoms with van der Waals surface area (Å²) >= 11 is 0. The van der Waals surface area contributed by atoms with Gasteiger partial charge in [0.05, 0.1) is 11.7 Å². The van der Waals surface area contributed by atoms with Gasteiger partial charge in [-0.25, -0.2) is 4.79 Å². The van der Waals surface area contributed by atoms with Crippen molar-refractivity contribution in [2.45, 2.75) is 19.4 Å². The fourth-order valence-electron chi connectivity index (χ4n) is 2.86. The Kier molecular flexibility index (Phi) is 4.29. The molecule has 0 saturated heterocycles. The highest BCUT2D eigenvalue weighted by Crippen LogP contribution is 2.34. The zero-order valence-electron chi connectivity index (χ0n) is 13.1. The molecule has 0 fully saturated rings. The largest absolute Gasteiger partial charge is 0.420 e. The Balaban J connectivity index is 1.97. The molecule has 0 aliphatic carbocycles. The van der Waals surface area contributed by atoms with Gasteiger partial charge in [-0.05, 0) is 42.7 Å². The van der Waals surface area contributed by atoms with E-state index in [4.69, 9.17) is 4.74 Å². The van der Waals surface area contributed by atoms with Crippen molar-refractivity contribution < 1.29 is 9.53 Å². The Morgan fingerprint density at radius 1 is 1.17 bits per heavy atom. The minimum Gasteiger partial charge on any atom is -0.410 e. The van der Waals surface area contributed by atoms with Crippen LogP contribution in [-0.2, 0) is 0 Å². The molecule has 2 aromatic carbocycles. The molecule has 116 valence electrons. The van der Waals surface area contributed by atoms with Gasteiger partial charge in [-0.3, -0.25) is 4.90 Å². The number of nitrogens with zero attached hydrogens (tertiary/aromatic N) is 1. The van der Waals surface area contributed by atoms with Crippen molar-refractivity contribution in [3.05, 3.63) is 78.4 Å². The van der Waals surface area contributed by atoms with E-state index in [1.807, 2.05) is 55.5 Å². The first kappa shape index (κ1) is 15.1. The van der Waals surface area contributed by atoms with Crippen LogP contribution in [0.3, 0.4) is 0 Å². The number of ether oxygens (including phenoxy) is 1. The molecular formula is C20H19NO2. The van der Waals surface area contributed by atoms with Gasteiger partial charge in [-0.15, -0.1) is 6.58 Å². The lowest BCUT2D eigenvalue weighted by Crippen LogP contribution is -2.44. The van der Waals surface area contributed by atoms with Gasteiger partial charge >= 0.3 is 6.09 Å². The van der Waals surface area contributed by atoms with E-state index in [9.17, 15) is 4.79 Å². The van der Waals surface area contributed by atoms with E-state index < -0.39 is 0 Å². The monoisotopic (exact) mass is 305 g/mol. The number of carbonyl (C=O) groups is 1. The molecule has 1 amide bonds. The first-order valence-electron chi connectivity index (χ1n) is 7.65. The Morgan fingerprint density at radius 3 is 2.61 bits per heavy atom. The molecule has 0 aromatic heterocycles. The minimum atomic E-state index is -0.372. The normalized spacial score (nSPS) is 16.3. The van der Waals surface area contributed by atoms with Gasteiger partial charge in [0.2, 0.25) is 0 Å². The van der Waals surface area contributed by atoms with Crippen LogP contribution in [0.1, 0.15) is 18.9 Å². The van der Waals surface area contributed by atoms with Crippen LogP contribution in [0.25, 0.3) is 6.08 Å². The van der Waals surface area contributed by atoms with Gasteiger partial charge in [0, 0.05) is 0 Å². The van der Waals surface area contributed by atoms with Crippen LogP contribution >= 0.6 is 0 Å². The predicted molar refractivity (Wildman–Crippen MR) is 93.6 cm³/mol. The van der Waals surface area contributed by atoms with Gasteiger partial charge < -0.3 is 4.74 Å². The fourth-order valence-corrected chi connectivity index (χ4v) is 2.86. The molecule has 1 heterocycles. The van der Waals surface area contributed by atoms with Crippen LogP contribution in [0, 0.1) is 0 Å². The molecule has 0 spiro atoms. The predicted octanol–water partition coefficient (Wildman–Crippen LogP) is 5.05. The lowest BCUT2D eigenvalue weighted by Gasteiger charge is -2.35. The summed E-state index contributed by atoms with van der Waals surface area (Å²) in [5.41, 5.74) is 3.01. The highest BCUT2D eigenvalue weighted by atomic mass is 16.6. The van der Waals surface area contributed by atoms with Gasteiger partial charge in [-0.2, -0.15) is 0 Å². The van der Waals surface area contributed by atoms with Crippen LogP contribution in [0.5, 0.6) is 5.75 Å². The summed E-state index contributed by atoms with van der Waals surface area (Å²) in [5, 5.41) is 0. The number of carbonyl (C=O) groups excluding carboxylic acids is 1. The van der Waals surface area contributed by atoms with E-state index in [1.54, 1.807) is 17.0 Å². The van der Waals surface area contributed by atoms with Crippen LogP contribution < -0.4 is 9.64 Å². The van der Waals surface area contributed by atoms with E-state index in [0.29, 0.717) is 12.2 Å². The first-order valence-corrected chi connectivity index (χ1v) is 7.65. The lowest BCUT2D eigenvalue weighted by molar-refractivity contribution is 0.205. The minimum absolute atomic E-state index is 0.0707. The number of benzene rings is 2. The third kappa shape index (κ3) is 3.04. The molecule has 1 unspecified atom stereocenters. The number of fused-ring (bicyclic) bond motifs is 1. The number of hydrogen-bond donors (Lipinski definition) is 0. The van der Waals surface area contributed by atoms with Crippen molar-refractivity contribution in [3.63, 3.8) is 0 Å². The van der Waals surface area contributed by atoms with E-state index in [1.165, 1.54) is 0 Å². The third-order valence-electron chi connectivity index (χ3n) is 3.95. The maximum absolute atomic E-state index is 12.8. The number of hydrogen-bond acceptors (Lipinski definition) is 2. The van der Waals surface area contributed by atoms with Crippen molar-refractivity contribution >= 4 is 17.9 Å². The molecule has 0 N–H and O–H groups in total. The quantitative estimate of drug-likeness (QED) is 0.742. The SMILES string of the molecule is C=CCC1C(C)=Cc2ccccc2N1C(=O)Oc1ccccc1. The Morgan fingerprint density at radius 2 is 1.87 bits per heavy atom. The topological polar surface area (TPSA) is 29.5 Å². The maximum Gasteiger partial charge on any atom is 0.420 e. The Bertz CT molecular complexity index is 749. The number of amides is 1. The van der Waals surface area contributed by atoms with Crippen LogP contribution in [0.2, 0.25) is 0 Å². The van der Waals surface area contributed by atoms with E-state index in [0.717, 1.165) is 16.8 Å². The summed E-state index contributed by atoms with van der Waals surface area (Å²) in [7, 11) is 0. The smallest absolute Gasteiger partial charge is 0.410 e. The second kappa shape index (κ2) is 6.53. The van der Waals surface area contributed by atoms with E-state index >= 15 is 0 Å². The fraction of sp³-hybridized carbons (Fsp3) is 0.150. The van der Waals surface area contributed by atoms with Crippen molar-refractivity contribution in [1.82, 2.24) is 0 Å². The van der Waals surface area contributed by atoms with Gasteiger partial charge in [0.1, 0.15) is 5.75 Å². The number of para-hydroxylation sites is 2. The van der Waals surface area contributed by atoms with Crippen LogP contribution in [0.15, 0.2) is 72.8 Å². The molecule has 3 rings (SSSR count). The molecular weight excluding hydrogens is 286 g/mol. The molecule has 3 heteroatoms. The molecule has 0 saturated carbocycles. The molecule has 3 nitrogen and oxygen atoms in total. The van der Waals surface area contributed by atoms with E-state index in [2.05, 4.69) is 12.7 Å². The summed E-state index contributed by atoms with van der Waals surface area (Å²) in [5.74, 6) is 0.541. The zero-order chi connectivity index (χ0) is 16.2. The van der Waals surface area contributed by atoms with Crippen molar-refractivity contribution in [1.29, 1.82) is 0 Å². The van der Waals surface area contributed by atoms with Gasteiger partial charge in [0.25, 0.3) is 0 Å². The van der Waals surface area contributed by atoms with Crippen molar-refractivity contribution in [3.8, 4) is 5.75 Å². The summed E-state index contributed by atoms with van der Waals surface area (Å²) < 4.78 is 5.56. The summed E-state index contributed by atoms with van der Waals surface area (Å²) in [6, 6.07) is 16.9. The average molecular weight is 305 g/mol. The first-order chi connectivity index (χ1) is 11.2. The second-order valence-corrected chi connectivity index (χ2v) is 5.54. The lowest BCUT2D eigenvalue weighted by atomic mass is 9.94. The van der Waals surface area contributed by atoms with Gasteiger partial charge in [-0.1, -0.05) is 48.6 Å². The molecule has 23 heavy (non-hydrogen) atoms. The van der Waals surface area contributed by atoms with Gasteiger partial charge in [0.15, 0.2) is 0 Å². The molecule has 1 aliphatic rings. The van der Waals surface area contributed by atoms with E-state index in [-0.39, 0.29) is 12.1 Å². The van der Waals surface area contributed by atoms with Crippen molar-refractivity contribution in [2.75, 3.05) is 4.90 Å². The van der Waals surface area contributed by atoms with Crippen LogP contribution in [-0.4, -0.2) is 12.1 Å². The third-order valence-corrected chi connectivity index (χ3v) is 3.95. The van der Waals surface area contributed by atoms with Crippen molar-refractivity contribution in [2.24, 2.45) is 0 Å². The Labute approximate surface area is 136 Å². The standard InChI is InChI=1S/C20H19NO2/c1-3-9-18-15(2)14-16-10-7-8-13-19(16)21(18)20(22)23-17-11-5-4-6-12-17/h3-8,10-14,18H,1,9H2,2H3. The molecule has 0 radical (unpaired) electrons. The molecule has 2 aromatic rings. The number of anilines is 1. The maximum atomic E-state index is 12.8. The average Bonchev–Trinajstić information content (AvgIpc) is 2.56. The highest BCUT2D eigenvalue weighted by Gasteiger charge is 2.31.